The Balaban J connectivity index is 1.80. The molecule has 2 N–H and O–H groups in total. The standard InChI is InChI=1S/C12H19N3O2/c1-13-9-10(12(17)11(9)16)14-5-8-15-6-3-2-4-7-15/h13-14H,2-8H2,1H3. The molecule has 0 aliphatic carbocycles. The minimum atomic E-state index is -0.409. The van der Waals surface area contributed by atoms with Crippen molar-refractivity contribution >= 4 is 11.4 Å². The molecular formula is C12H19N3O2. The maximum atomic E-state index is 11.3. The highest BCUT2D eigenvalue weighted by atomic mass is 16.2. The quantitative estimate of drug-likeness (QED) is 0.717. The molecular weight excluding hydrogens is 218 g/mol. The summed E-state index contributed by atoms with van der Waals surface area (Å²) in [4.78, 5) is 24.8. The van der Waals surface area contributed by atoms with Crippen molar-refractivity contribution < 1.29 is 0 Å². The van der Waals surface area contributed by atoms with E-state index in [0.29, 0.717) is 11.4 Å². The molecule has 1 fully saturated rings. The van der Waals surface area contributed by atoms with Gasteiger partial charge in [0.1, 0.15) is 11.4 Å². The van der Waals surface area contributed by atoms with Crippen molar-refractivity contribution in [3.05, 3.63) is 20.4 Å². The molecule has 0 saturated carbocycles. The van der Waals surface area contributed by atoms with E-state index in [-0.39, 0.29) is 0 Å². The lowest BCUT2D eigenvalue weighted by Gasteiger charge is -2.26. The monoisotopic (exact) mass is 237 g/mol. The van der Waals surface area contributed by atoms with E-state index in [1.165, 1.54) is 19.3 Å². The van der Waals surface area contributed by atoms with E-state index >= 15 is 0 Å². The first kappa shape index (κ1) is 12.1. The molecule has 0 spiro atoms. The SMILES string of the molecule is CNc1c(NCCN2CCCCC2)c(=O)c1=O. The van der Waals surface area contributed by atoms with Gasteiger partial charge in [-0.3, -0.25) is 9.59 Å². The molecule has 0 unspecified atom stereocenters. The van der Waals surface area contributed by atoms with Crippen LogP contribution in [-0.4, -0.2) is 38.1 Å². The van der Waals surface area contributed by atoms with Gasteiger partial charge in [0.05, 0.1) is 0 Å². The number of anilines is 2. The van der Waals surface area contributed by atoms with Gasteiger partial charge in [-0.15, -0.1) is 0 Å². The van der Waals surface area contributed by atoms with Gasteiger partial charge in [0.15, 0.2) is 0 Å². The van der Waals surface area contributed by atoms with Crippen LogP contribution in [0.1, 0.15) is 19.3 Å². The van der Waals surface area contributed by atoms with Crippen LogP contribution < -0.4 is 21.5 Å². The smallest absolute Gasteiger partial charge is 0.253 e. The molecule has 1 aromatic carbocycles. The highest BCUT2D eigenvalue weighted by Gasteiger charge is 2.19. The first-order valence-corrected chi connectivity index (χ1v) is 6.21. The van der Waals surface area contributed by atoms with Crippen molar-refractivity contribution in [3.8, 4) is 0 Å². The first-order valence-electron chi connectivity index (χ1n) is 6.21. The lowest BCUT2D eigenvalue weighted by Crippen LogP contribution is -2.39. The Kier molecular flexibility index (Phi) is 3.78. The Morgan fingerprint density at radius 2 is 1.71 bits per heavy atom. The molecule has 0 aromatic heterocycles. The minimum absolute atomic E-state index is 0.395. The molecule has 0 bridgehead atoms. The maximum absolute atomic E-state index is 11.3. The predicted molar refractivity (Wildman–Crippen MR) is 69.7 cm³/mol. The fourth-order valence-corrected chi connectivity index (χ4v) is 2.32. The van der Waals surface area contributed by atoms with Gasteiger partial charge in [-0.2, -0.15) is 0 Å². The van der Waals surface area contributed by atoms with Crippen molar-refractivity contribution in [1.82, 2.24) is 4.90 Å². The van der Waals surface area contributed by atoms with Gasteiger partial charge in [-0.05, 0) is 25.9 Å². The van der Waals surface area contributed by atoms with Crippen LogP contribution >= 0.6 is 0 Å². The van der Waals surface area contributed by atoms with Crippen LogP contribution in [0.4, 0.5) is 11.4 Å². The van der Waals surface area contributed by atoms with E-state index in [2.05, 4.69) is 15.5 Å². The summed E-state index contributed by atoms with van der Waals surface area (Å²) in [7, 11) is 1.66. The fourth-order valence-electron chi connectivity index (χ4n) is 2.32. The number of hydrogen-bond donors (Lipinski definition) is 2. The summed E-state index contributed by atoms with van der Waals surface area (Å²) in [6.45, 7) is 3.94. The number of likely N-dealkylation sites (tertiary alicyclic amines) is 1. The van der Waals surface area contributed by atoms with Crippen LogP contribution in [0.2, 0.25) is 0 Å². The summed E-state index contributed by atoms with van der Waals surface area (Å²) in [5.41, 5.74) is 0.0733. The second kappa shape index (κ2) is 5.31. The van der Waals surface area contributed by atoms with Crippen molar-refractivity contribution in [1.29, 1.82) is 0 Å². The second-order valence-corrected chi connectivity index (χ2v) is 4.49. The van der Waals surface area contributed by atoms with E-state index in [4.69, 9.17) is 0 Å². The van der Waals surface area contributed by atoms with Gasteiger partial charge in [0.25, 0.3) is 10.9 Å². The average Bonchev–Trinajstić information content (AvgIpc) is 2.38. The Morgan fingerprint density at radius 1 is 1.06 bits per heavy atom. The van der Waals surface area contributed by atoms with E-state index in [1.807, 2.05) is 0 Å². The third-order valence-corrected chi connectivity index (χ3v) is 3.34. The Hall–Kier alpha value is -1.36. The minimum Gasteiger partial charge on any atom is -0.383 e. The topological polar surface area (TPSA) is 61.4 Å². The first-order chi connectivity index (χ1) is 8.24. The number of nitrogens with one attached hydrogen (secondary N) is 2. The predicted octanol–water partition coefficient (Wildman–Crippen LogP) is 0.222. The summed E-state index contributed by atoms with van der Waals surface area (Å²) in [5, 5.41) is 5.81. The Morgan fingerprint density at radius 3 is 2.35 bits per heavy atom. The fraction of sp³-hybridized carbons (Fsp3) is 0.667. The molecule has 5 nitrogen and oxygen atoms in total. The van der Waals surface area contributed by atoms with Crippen molar-refractivity contribution in [3.63, 3.8) is 0 Å². The summed E-state index contributed by atoms with van der Waals surface area (Å²) in [6, 6.07) is 0. The third kappa shape index (κ3) is 2.49. The van der Waals surface area contributed by atoms with Crippen LogP contribution in [0.25, 0.3) is 0 Å². The average molecular weight is 237 g/mol. The van der Waals surface area contributed by atoms with E-state index < -0.39 is 10.9 Å². The zero-order chi connectivity index (χ0) is 12.3. The van der Waals surface area contributed by atoms with Crippen molar-refractivity contribution in [2.75, 3.05) is 43.9 Å². The summed E-state index contributed by atoms with van der Waals surface area (Å²) in [5.74, 6) is 0. The van der Waals surface area contributed by atoms with Gasteiger partial charge < -0.3 is 15.5 Å². The van der Waals surface area contributed by atoms with Gasteiger partial charge in [0, 0.05) is 20.1 Å². The molecule has 1 aliphatic heterocycles. The number of nitrogens with zero attached hydrogens (tertiary/aromatic N) is 1. The molecule has 0 radical (unpaired) electrons. The number of rotatable bonds is 5. The van der Waals surface area contributed by atoms with Crippen LogP contribution in [0.15, 0.2) is 9.59 Å². The molecule has 0 amide bonds. The van der Waals surface area contributed by atoms with Crippen molar-refractivity contribution in [2.45, 2.75) is 19.3 Å². The van der Waals surface area contributed by atoms with Crippen LogP contribution in [0.5, 0.6) is 0 Å². The molecule has 1 heterocycles. The summed E-state index contributed by atoms with van der Waals surface area (Å²) >= 11 is 0. The lowest BCUT2D eigenvalue weighted by atomic mass is 10.1. The molecule has 0 atom stereocenters. The van der Waals surface area contributed by atoms with Crippen molar-refractivity contribution in [2.24, 2.45) is 0 Å². The molecule has 1 saturated heterocycles. The highest BCUT2D eigenvalue weighted by Crippen LogP contribution is 2.13. The van der Waals surface area contributed by atoms with Gasteiger partial charge in [0.2, 0.25) is 0 Å². The number of hydrogen-bond acceptors (Lipinski definition) is 5. The van der Waals surface area contributed by atoms with E-state index in [0.717, 1.165) is 26.2 Å². The lowest BCUT2D eigenvalue weighted by molar-refractivity contribution is 0.237. The summed E-state index contributed by atoms with van der Waals surface area (Å²) in [6.07, 6.45) is 3.86. The molecule has 2 rings (SSSR count). The van der Waals surface area contributed by atoms with Crippen LogP contribution in [0.3, 0.4) is 0 Å². The normalized spacial score (nSPS) is 17.2. The maximum Gasteiger partial charge on any atom is 0.253 e. The Bertz CT molecular complexity index is 443. The summed E-state index contributed by atoms with van der Waals surface area (Å²) < 4.78 is 0. The third-order valence-electron chi connectivity index (χ3n) is 3.34. The molecule has 5 heteroatoms. The highest BCUT2D eigenvalue weighted by molar-refractivity contribution is 5.73. The Labute approximate surface area is 101 Å². The van der Waals surface area contributed by atoms with Gasteiger partial charge >= 0.3 is 0 Å². The van der Waals surface area contributed by atoms with Gasteiger partial charge in [-0.1, -0.05) is 6.42 Å². The van der Waals surface area contributed by atoms with Crippen LogP contribution in [-0.2, 0) is 0 Å². The largest absolute Gasteiger partial charge is 0.383 e. The second-order valence-electron chi connectivity index (χ2n) is 4.49. The molecule has 17 heavy (non-hydrogen) atoms. The van der Waals surface area contributed by atoms with Gasteiger partial charge in [-0.25, -0.2) is 0 Å². The zero-order valence-electron chi connectivity index (χ0n) is 10.2. The van der Waals surface area contributed by atoms with E-state index in [9.17, 15) is 9.59 Å². The number of piperidine rings is 1. The molecule has 1 aromatic rings. The zero-order valence-corrected chi connectivity index (χ0v) is 10.2. The van der Waals surface area contributed by atoms with Crippen LogP contribution in [0, 0.1) is 0 Å². The molecule has 94 valence electrons. The molecule has 1 aliphatic rings. The van der Waals surface area contributed by atoms with E-state index in [1.54, 1.807) is 7.05 Å².